The average molecular weight is 199 g/mol. The fourth-order valence-electron chi connectivity index (χ4n) is 0.873. The molecule has 1 rings (SSSR count). The van der Waals surface area contributed by atoms with Gasteiger partial charge in [0.25, 0.3) is 0 Å². The Morgan fingerprint density at radius 2 is 2.36 bits per heavy atom. The lowest BCUT2D eigenvalue weighted by atomic mass is 10.2. The maximum atomic E-state index is 13.1. The molecule has 0 aromatic carbocycles. The SMILES string of the molecule is CCC(C)Nc1nc(NN)ncc1F. The van der Waals surface area contributed by atoms with Crippen LogP contribution in [0, 0.1) is 5.82 Å². The highest BCUT2D eigenvalue weighted by Gasteiger charge is 2.08. The van der Waals surface area contributed by atoms with Crippen molar-refractivity contribution in [3.05, 3.63) is 12.0 Å². The summed E-state index contributed by atoms with van der Waals surface area (Å²) in [5.74, 6) is 4.99. The predicted molar refractivity (Wildman–Crippen MR) is 53.2 cm³/mol. The zero-order valence-corrected chi connectivity index (χ0v) is 8.21. The Balaban J connectivity index is 2.83. The van der Waals surface area contributed by atoms with Crippen LogP contribution in [0.4, 0.5) is 16.2 Å². The number of rotatable bonds is 4. The molecule has 5 nitrogen and oxygen atoms in total. The molecule has 14 heavy (non-hydrogen) atoms. The Morgan fingerprint density at radius 1 is 1.64 bits per heavy atom. The fourth-order valence-corrected chi connectivity index (χ4v) is 0.873. The molecule has 0 saturated carbocycles. The quantitative estimate of drug-likeness (QED) is 0.500. The van der Waals surface area contributed by atoms with Crippen LogP contribution >= 0.6 is 0 Å². The van der Waals surface area contributed by atoms with Crippen LogP contribution in [0.2, 0.25) is 0 Å². The molecule has 1 atom stereocenters. The van der Waals surface area contributed by atoms with E-state index >= 15 is 0 Å². The van der Waals surface area contributed by atoms with Gasteiger partial charge in [-0.2, -0.15) is 4.98 Å². The summed E-state index contributed by atoms with van der Waals surface area (Å²) in [6.45, 7) is 3.94. The number of nitrogen functional groups attached to an aromatic ring is 1. The van der Waals surface area contributed by atoms with Crippen LogP contribution < -0.4 is 16.6 Å². The smallest absolute Gasteiger partial charge is 0.239 e. The van der Waals surface area contributed by atoms with E-state index in [0.717, 1.165) is 12.6 Å². The third kappa shape index (κ3) is 2.53. The second-order valence-electron chi connectivity index (χ2n) is 2.99. The van der Waals surface area contributed by atoms with Crippen molar-refractivity contribution in [3.8, 4) is 0 Å². The van der Waals surface area contributed by atoms with Gasteiger partial charge >= 0.3 is 0 Å². The summed E-state index contributed by atoms with van der Waals surface area (Å²) in [7, 11) is 0. The summed E-state index contributed by atoms with van der Waals surface area (Å²) in [5, 5.41) is 2.91. The van der Waals surface area contributed by atoms with Crippen molar-refractivity contribution in [1.29, 1.82) is 0 Å². The van der Waals surface area contributed by atoms with Crippen LogP contribution in [0.25, 0.3) is 0 Å². The second kappa shape index (κ2) is 4.71. The first kappa shape index (κ1) is 10.6. The number of hydrogen-bond donors (Lipinski definition) is 3. The molecule has 1 aromatic heterocycles. The molecule has 0 radical (unpaired) electrons. The Kier molecular flexibility index (Phi) is 3.58. The molecule has 0 bridgehead atoms. The summed E-state index contributed by atoms with van der Waals surface area (Å²) in [6, 6.07) is 0.157. The lowest BCUT2D eigenvalue weighted by Gasteiger charge is -2.12. The fraction of sp³-hybridized carbons (Fsp3) is 0.500. The van der Waals surface area contributed by atoms with Gasteiger partial charge in [-0.1, -0.05) is 6.92 Å². The number of nitrogens with two attached hydrogens (primary N) is 1. The van der Waals surface area contributed by atoms with Crippen molar-refractivity contribution in [2.24, 2.45) is 5.84 Å². The normalized spacial score (nSPS) is 12.3. The van der Waals surface area contributed by atoms with Crippen molar-refractivity contribution in [3.63, 3.8) is 0 Å². The minimum absolute atomic E-state index is 0.157. The van der Waals surface area contributed by atoms with Gasteiger partial charge in [0.1, 0.15) is 0 Å². The largest absolute Gasteiger partial charge is 0.365 e. The standard InChI is InChI=1S/C8H14FN5/c1-3-5(2)12-7-6(9)4-11-8(13-7)14-10/h4-5H,3,10H2,1-2H3,(H2,11,12,13,14). The lowest BCUT2D eigenvalue weighted by molar-refractivity contribution is 0.611. The minimum atomic E-state index is -0.482. The summed E-state index contributed by atoms with van der Waals surface area (Å²) in [5.41, 5.74) is 2.26. The molecule has 4 N–H and O–H groups in total. The minimum Gasteiger partial charge on any atom is -0.365 e. The number of nitrogens with one attached hydrogen (secondary N) is 2. The Labute approximate surface area is 81.9 Å². The van der Waals surface area contributed by atoms with E-state index in [1.807, 2.05) is 13.8 Å². The van der Waals surface area contributed by atoms with E-state index in [9.17, 15) is 4.39 Å². The van der Waals surface area contributed by atoms with Crippen LogP contribution in [0.15, 0.2) is 6.20 Å². The van der Waals surface area contributed by atoms with Gasteiger partial charge in [0.05, 0.1) is 6.20 Å². The Morgan fingerprint density at radius 3 is 2.93 bits per heavy atom. The van der Waals surface area contributed by atoms with E-state index in [1.165, 1.54) is 0 Å². The van der Waals surface area contributed by atoms with Gasteiger partial charge in [-0.3, -0.25) is 5.43 Å². The summed E-state index contributed by atoms with van der Waals surface area (Å²) in [6.07, 6.45) is 1.96. The number of halogens is 1. The van der Waals surface area contributed by atoms with Gasteiger partial charge in [0.2, 0.25) is 5.95 Å². The number of anilines is 2. The predicted octanol–water partition coefficient (Wildman–Crippen LogP) is 1.11. The number of aromatic nitrogens is 2. The highest BCUT2D eigenvalue weighted by Crippen LogP contribution is 2.12. The molecule has 0 aliphatic heterocycles. The zero-order valence-electron chi connectivity index (χ0n) is 8.21. The molecule has 0 amide bonds. The topological polar surface area (TPSA) is 75.9 Å². The highest BCUT2D eigenvalue weighted by molar-refractivity contribution is 5.41. The average Bonchev–Trinajstić information content (AvgIpc) is 2.21. The summed E-state index contributed by atoms with van der Waals surface area (Å²) < 4.78 is 13.1. The Hall–Kier alpha value is -1.43. The first-order valence-corrected chi connectivity index (χ1v) is 4.43. The van der Waals surface area contributed by atoms with Gasteiger partial charge in [0.15, 0.2) is 11.6 Å². The summed E-state index contributed by atoms with van der Waals surface area (Å²) >= 11 is 0. The molecule has 1 aromatic rings. The van der Waals surface area contributed by atoms with Crippen molar-refractivity contribution < 1.29 is 4.39 Å². The number of hydrogen-bond acceptors (Lipinski definition) is 5. The maximum Gasteiger partial charge on any atom is 0.239 e. The highest BCUT2D eigenvalue weighted by atomic mass is 19.1. The summed E-state index contributed by atoms with van der Waals surface area (Å²) in [4.78, 5) is 7.47. The number of nitrogens with zero attached hydrogens (tertiary/aromatic N) is 2. The van der Waals surface area contributed by atoms with Gasteiger partial charge in [0, 0.05) is 6.04 Å². The molecule has 0 saturated heterocycles. The monoisotopic (exact) mass is 199 g/mol. The van der Waals surface area contributed by atoms with Crippen molar-refractivity contribution in [2.75, 3.05) is 10.7 Å². The zero-order chi connectivity index (χ0) is 10.6. The maximum absolute atomic E-state index is 13.1. The van der Waals surface area contributed by atoms with E-state index in [-0.39, 0.29) is 17.8 Å². The van der Waals surface area contributed by atoms with Gasteiger partial charge < -0.3 is 5.32 Å². The third-order valence-electron chi connectivity index (χ3n) is 1.87. The van der Waals surface area contributed by atoms with E-state index in [2.05, 4.69) is 20.7 Å². The molecule has 0 fully saturated rings. The van der Waals surface area contributed by atoms with E-state index in [1.54, 1.807) is 0 Å². The van der Waals surface area contributed by atoms with Gasteiger partial charge in [-0.15, -0.1) is 0 Å². The lowest BCUT2D eigenvalue weighted by Crippen LogP contribution is -2.18. The van der Waals surface area contributed by atoms with Crippen LogP contribution in [-0.2, 0) is 0 Å². The second-order valence-corrected chi connectivity index (χ2v) is 2.99. The van der Waals surface area contributed by atoms with Crippen molar-refractivity contribution in [2.45, 2.75) is 26.3 Å². The molecule has 0 aliphatic rings. The number of hydrazine groups is 1. The Bertz CT molecular complexity index is 304. The molecule has 1 unspecified atom stereocenters. The first-order valence-electron chi connectivity index (χ1n) is 4.43. The molecule has 1 heterocycles. The molecular formula is C8H14FN5. The van der Waals surface area contributed by atoms with Crippen LogP contribution in [0.1, 0.15) is 20.3 Å². The molecule has 78 valence electrons. The van der Waals surface area contributed by atoms with E-state index < -0.39 is 5.82 Å². The van der Waals surface area contributed by atoms with Gasteiger partial charge in [-0.05, 0) is 13.3 Å². The van der Waals surface area contributed by atoms with Crippen LogP contribution in [0.3, 0.4) is 0 Å². The molecular weight excluding hydrogens is 185 g/mol. The van der Waals surface area contributed by atoms with E-state index in [0.29, 0.717) is 0 Å². The van der Waals surface area contributed by atoms with Crippen molar-refractivity contribution >= 4 is 11.8 Å². The molecule has 0 spiro atoms. The first-order chi connectivity index (χ1) is 6.67. The van der Waals surface area contributed by atoms with Crippen LogP contribution in [-0.4, -0.2) is 16.0 Å². The molecule has 0 aliphatic carbocycles. The molecule has 6 heteroatoms. The van der Waals surface area contributed by atoms with Gasteiger partial charge in [-0.25, -0.2) is 15.2 Å². The van der Waals surface area contributed by atoms with Crippen LogP contribution in [0.5, 0.6) is 0 Å². The van der Waals surface area contributed by atoms with Crippen molar-refractivity contribution in [1.82, 2.24) is 9.97 Å². The van der Waals surface area contributed by atoms with E-state index in [4.69, 9.17) is 5.84 Å². The third-order valence-corrected chi connectivity index (χ3v) is 1.87.